The number of nitrogens with two attached hydrogens (primary N) is 1. The second-order valence-electron chi connectivity index (χ2n) is 5.00. The monoisotopic (exact) mass is 363 g/mol. The zero-order valence-corrected chi connectivity index (χ0v) is 15.2. The second-order valence-corrected chi connectivity index (χ2v) is 6.68. The van der Waals surface area contributed by atoms with Crippen molar-refractivity contribution < 1.29 is 14.3 Å². The number of imidazole rings is 1. The van der Waals surface area contributed by atoms with E-state index in [0.717, 1.165) is 44.5 Å². The lowest BCUT2D eigenvalue weighted by Crippen LogP contribution is -2.02. The van der Waals surface area contributed by atoms with Gasteiger partial charge in [0.25, 0.3) is 0 Å². The molecule has 0 spiro atoms. The number of ether oxygens (including phenoxy) is 2. The van der Waals surface area contributed by atoms with Crippen molar-refractivity contribution in [3.05, 3.63) is 35.0 Å². The van der Waals surface area contributed by atoms with Crippen LogP contribution in [0.1, 0.15) is 22.3 Å². The molecule has 0 aliphatic rings. The minimum Gasteiger partial charge on any atom is -0.496 e. The standard InChI is InChI=1S/C16H17N3O3S2/c1-4-22-15(20)13-8-19-14(9(2)18-16(19)23-13)10-5-6-11(21-3)12(7-10)24-17/h5-8H,4,17H2,1-3H3. The van der Waals surface area contributed by atoms with E-state index in [9.17, 15) is 4.79 Å². The maximum atomic E-state index is 11.9. The maximum Gasteiger partial charge on any atom is 0.349 e. The van der Waals surface area contributed by atoms with E-state index in [1.807, 2.05) is 29.5 Å². The summed E-state index contributed by atoms with van der Waals surface area (Å²) in [6.07, 6.45) is 1.77. The summed E-state index contributed by atoms with van der Waals surface area (Å²) in [5.74, 6) is 0.395. The number of esters is 1. The lowest BCUT2D eigenvalue weighted by Gasteiger charge is -2.08. The average Bonchev–Trinajstić information content (AvgIpc) is 3.11. The molecular weight excluding hydrogens is 346 g/mol. The van der Waals surface area contributed by atoms with Gasteiger partial charge in [0.15, 0.2) is 4.96 Å². The summed E-state index contributed by atoms with van der Waals surface area (Å²) in [4.78, 5) is 18.6. The molecule has 0 aliphatic heterocycles. The third-order valence-electron chi connectivity index (χ3n) is 3.54. The molecule has 24 heavy (non-hydrogen) atoms. The van der Waals surface area contributed by atoms with Crippen LogP contribution in [0, 0.1) is 6.92 Å². The van der Waals surface area contributed by atoms with Gasteiger partial charge in [0, 0.05) is 11.8 Å². The predicted molar refractivity (Wildman–Crippen MR) is 95.8 cm³/mol. The number of aromatic nitrogens is 2. The molecule has 8 heteroatoms. The van der Waals surface area contributed by atoms with Crippen LogP contribution in [-0.4, -0.2) is 29.1 Å². The van der Waals surface area contributed by atoms with Gasteiger partial charge in [-0.1, -0.05) is 11.3 Å². The number of rotatable bonds is 5. The Morgan fingerprint density at radius 1 is 1.46 bits per heavy atom. The molecule has 6 nitrogen and oxygen atoms in total. The van der Waals surface area contributed by atoms with E-state index in [1.54, 1.807) is 20.2 Å². The van der Waals surface area contributed by atoms with Crippen molar-refractivity contribution in [2.24, 2.45) is 5.14 Å². The van der Waals surface area contributed by atoms with Crippen LogP contribution in [0.4, 0.5) is 0 Å². The highest BCUT2D eigenvalue weighted by atomic mass is 32.2. The molecule has 3 rings (SSSR count). The van der Waals surface area contributed by atoms with Gasteiger partial charge in [-0.05, 0) is 44.0 Å². The van der Waals surface area contributed by atoms with Gasteiger partial charge in [0.05, 0.1) is 30.0 Å². The van der Waals surface area contributed by atoms with Gasteiger partial charge in [-0.2, -0.15) is 0 Å². The summed E-state index contributed by atoms with van der Waals surface area (Å²) in [5.41, 5.74) is 2.77. The fourth-order valence-corrected chi connectivity index (χ4v) is 3.90. The largest absolute Gasteiger partial charge is 0.496 e. The van der Waals surface area contributed by atoms with Crippen molar-refractivity contribution >= 4 is 34.2 Å². The molecule has 0 amide bonds. The average molecular weight is 363 g/mol. The summed E-state index contributed by atoms with van der Waals surface area (Å²) in [6, 6.07) is 5.79. The quantitative estimate of drug-likeness (QED) is 0.552. The second kappa shape index (κ2) is 6.84. The highest BCUT2D eigenvalue weighted by Gasteiger charge is 2.18. The first-order valence-electron chi connectivity index (χ1n) is 7.29. The highest BCUT2D eigenvalue weighted by molar-refractivity contribution is 7.97. The molecule has 0 saturated carbocycles. The zero-order chi connectivity index (χ0) is 17.3. The lowest BCUT2D eigenvalue weighted by atomic mass is 10.1. The van der Waals surface area contributed by atoms with E-state index in [4.69, 9.17) is 14.6 Å². The van der Waals surface area contributed by atoms with Crippen LogP contribution in [0.25, 0.3) is 16.2 Å². The number of nitrogens with zero attached hydrogens (tertiary/aromatic N) is 2. The van der Waals surface area contributed by atoms with E-state index in [2.05, 4.69) is 4.98 Å². The topological polar surface area (TPSA) is 78.8 Å². The molecule has 2 N–H and O–H groups in total. The van der Waals surface area contributed by atoms with Gasteiger partial charge < -0.3 is 9.47 Å². The Hall–Kier alpha value is -2.03. The minimum atomic E-state index is -0.329. The smallest absolute Gasteiger partial charge is 0.349 e. The van der Waals surface area contributed by atoms with Crippen molar-refractivity contribution in [2.75, 3.05) is 13.7 Å². The fraction of sp³-hybridized carbons (Fsp3) is 0.250. The number of fused-ring (bicyclic) bond motifs is 1. The van der Waals surface area contributed by atoms with Crippen LogP contribution in [0.15, 0.2) is 29.3 Å². The molecule has 0 atom stereocenters. The first-order chi connectivity index (χ1) is 11.6. The summed E-state index contributed by atoms with van der Waals surface area (Å²) in [6.45, 7) is 4.08. The summed E-state index contributed by atoms with van der Waals surface area (Å²) in [5, 5.41) is 5.73. The lowest BCUT2D eigenvalue weighted by molar-refractivity contribution is 0.0531. The van der Waals surface area contributed by atoms with Crippen LogP contribution >= 0.6 is 23.3 Å². The number of aryl methyl sites for hydroxylation is 1. The Balaban J connectivity index is 2.11. The molecule has 0 fully saturated rings. The van der Waals surface area contributed by atoms with Crippen LogP contribution in [0.5, 0.6) is 5.75 Å². The van der Waals surface area contributed by atoms with E-state index in [0.29, 0.717) is 11.5 Å². The van der Waals surface area contributed by atoms with Crippen LogP contribution in [0.3, 0.4) is 0 Å². The van der Waals surface area contributed by atoms with Crippen molar-refractivity contribution in [3.63, 3.8) is 0 Å². The van der Waals surface area contributed by atoms with Gasteiger partial charge in [0.2, 0.25) is 0 Å². The number of benzene rings is 1. The van der Waals surface area contributed by atoms with E-state index < -0.39 is 0 Å². The Bertz CT molecular complexity index is 901. The molecule has 0 bridgehead atoms. The van der Waals surface area contributed by atoms with Crippen LogP contribution < -0.4 is 9.88 Å². The molecule has 1 aromatic carbocycles. The molecule has 2 aromatic heterocycles. The third-order valence-corrected chi connectivity index (χ3v) is 5.08. The Labute approximate surface area is 147 Å². The number of carbonyl (C=O) groups is 1. The first-order valence-corrected chi connectivity index (χ1v) is 8.99. The Kier molecular flexibility index (Phi) is 4.79. The molecular formula is C16H17N3O3S2. The van der Waals surface area contributed by atoms with Crippen molar-refractivity contribution in [1.82, 2.24) is 9.38 Å². The summed E-state index contributed by atoms with van der Waals surface area (Å²) in [7, 11) is 1.61. The molecule has 0 aliphatic carbocycles. The number of carbonyl (C=O) groups excluding carboxylic acids is 1. The Morgan fingerprint density at radius 2 is 2.25 bits per heavy atom. The summed E-state index contributed by atoms with van der Waals surface area (Å²) >= 11 is 2.45. The number of hydrogen-bond acceptors (Lipinski definition) is 7. The van der Waals surface area contributed by atoms with E-state index in [-0.39, 0.29) is 5.97 Å². The molecule has 0 unspecified atom stereocenters. The van der Waals surface area contributed by atoms with Crippen molar-refractivity contribution in [2.45, 2.75) is 18.7 Å². The summed E-state index contributed by atoms with van der Waals surface area (Å²) < 4.78 is 12.3. The van der Waals surface area contributed by atoms with Gasteiger partial charge in [-0.15, -0.1) is 0 Å². The normalized spacial score (nSPS) is 11.0. The molecule has 2 heterocycles. The van der Waals surface area contributed by atoms with Gasteiger partial charge in [-0.3, -0.25) is 9.54 Å². The van der Waals surface area contributed by atoms with Crippen molar-refractivity contribution in [1.29, 1.82) is 0 Å². The third kappa shape index (κ3) is 2.88. The van der Waals surface area contributed by atoms with E-state index in [1.165, 1.54) is 11.3 Å². The van der Waals surface area contributed by atoms with E-state index >= 15 is 0 Å². The molecule has 3 aromatic rings. The SMILES string of the molecule is CCOC(=O)c1cn2c(-c3ccc(OC)c(SN)c3)c(C)nc2s1. The number of methoxy groups -OCH3 is 1. The molecule has 0 radical (unpaired) electrons. The number of thiazole rings is 1. The van der Waals surface area contributed by atoms with Crippen LogP contribution in [-0.2, 0) is 4.74 Å². The Morgan fingerprint density at radius 3 is 2.92 bits per heavy atom. The first kappa shape index (κ1) is 16.8. The fourth-order valence-electron chi connectivity index (χ4n) is 2.51. The van der Waals surface area contributed by atoms with Crippen LogP contribution in [0.2, 0.25) is 0 Å². The maximum absolute atomic E-state index is 11.9. The highest BCUT2D eigenvalue weighted by Crippen LogP contribution is 2.34. The van der Waals surface area contributed by atoms with Gasteiger partial charge >= 0.3 is 5.97 Å². The molecule has 0 saturated heterocycles. The minimum absolute atomic E-state index is 0.329. The number of hydrogen-bond donors (Lipinski definition) is 1. The van der Waals surface area contributed by atoms with Crippen molar-refractivity contribution in [3.8, 4) is 17.0 Å². The van der Waals surface area contributed by atoms with Gasteiger partial charge in [0.1, 0.15) is 10.6 Å². The predicted octanol–water partition coefficient (Wildman–Crippen LogP) is 3.52. The molecule has 126 valence electrons. The van der Waals surface area contributed by atoms with Gasteiger partial charge in [-0.25, -0.2) is 9.78 Å². The zero-order valence-electron chi connectivity index (χ0n) is 13.5.